The van der Waals surface area contributed by atoms with Crippen molar-refractivity contribution < 1.29 is 14.3 Å². The number of hydrogen-bond acceptors (Lipinski definition) is 3. The van der Waals surface area contributed by atoms with Crippen molar-refractivity contribution in [3.05, 3.63) is 36.0 Å². The van der Waals surface area contributed by atoms with E-state index in [2.05, 4.69) is 4.98 Å². The normalized spacial score (nSPS) is 16.6. The number of rotatable bonds is 3. The molecule has 1 saturated heterocycles. The Kier molecular flexibility index (Phi) is 3.51. The van der Waals surface area contributed by atoms with Gasteiger partial charge in [0.05, 0.1) is 12.2 Å². The number of ether oxygens (including phenoxy) is 2. The quantitative estimate of drug-likeness (QED) is 0.862. The summed E-state index contributed by atoms with van der Waals surface area (Å²) < 4.78 is 10.7. The second-order valence-electron chi connectivity index (χ2n) is 4.90. The van der Waals surface area contributed by atoms with Gasteiger partial charge >= 0.3 is 5.97 Å². The predicted molar refractivity (Wildman–Crippen MR) is 72.1 cm³/mol. The molecule has 1 fully saturated rings. The maximum atomic E-state index is 12.1. The molecule has 0 atom stereocenters. The Balaban J connectivity index is 1.68. The Hall–Kier alpha value is -1.81. The second-order valence-corrected chi connectivity index (χ2v) is 4.90. The van der Waals surface area contributed by atoms with Gasteiger partial charge in [0, 0.05) is 30.3 Å². The number of hydrogen-bond donors (Lipinski definition) is 1. The van der Waals surface area contributed by atoms with Gasteiger partial charge in [0.1, 0.15) is 0 Å². The molecule has 1 aliphatic heterocycles. The van der Waals surface area contributed by atoms with Crippen molar-refractivity contribution in [1.82, 2.24) is 4.98 Å². The average molecular weight is 259 g/mol. The van der Waals surface area contributed by atoms with E-state index >= 15 is 0 Å². The van der Waals surface area contributed by atoms with Gasteiger partial charge in [0.15, 0.2) is 0 Å². The van der Waals surface area contributed by atoms with Crippen molar-refractivity contribution in [2.24, 2.45) is 5.92 Å². The summed E-state index contributed by atoms with van der Waals surface area (Å²) in [5, 5.41) is 0.916. The van der Waals surface area contributed by atoms with Gasteiger partial charge < -0.3 is 14.5 Å². The summed E-state index contributed by atoms with van der Waals surface area (Å²) in [6, 6.07) is 7.53. The van der Waals surface area contributed by atoms with Crippen LogP contribution in [0.25, 0.3) is 10.9 Å². The van der Waals surface area contributed by atoms with E-state index in [1.807, 2.05) is 30.5 Å². The first-order chi connectivity index (χ1) is 9.34. The maximum Gasteiger partial charge on any atom is 0.338 e. The highest BCUT2D eigenvalue weighted by Gasteiger charge is 2.17. The fourth-order valence-corrected chi connectivity index (χ4v) is 2.45. The summed E-state index contributed by atoms with van der Waals surface area (Å²) in [4.78, 5) is 15.2. The SMILES string of the molecule is O=C(OCC1CCOCC1)c1cccc2[nH]ccc12. The molecule has 0 radical (unpaired) electrons. The van der Waals surface area contributed by atoms with E-state index in [-0.39, 0.29) is 5.97 Å². The number of carbonyl (C=O) groups excluding carboxylic acids is 1. The number of carbonyl (C=O) groups is 1. The molecule has 0 amide bonds. The largest absolute Gasteiger partial charge is 0.462 e. The summed E-state index contributed by atoms with van der Waals surface area (Å²) in [5.74, 6) is 0.194. The van der Waals surface area contributed by atoms with E-state index in [4.69, 9.17) is 9.47 Å². The topological polar surface area (TPSA) is 51.3 Å². The summed E-state index contributed by atoms with van der Waals surface area (Å²) >= 11 is 0. The Morgan fingerprint density at radius 1 is 1.32 bits per heavy atom. The number of esters is 1. The molecule has 2 aromatic rings. The van der Waals surface area contributed by atoms with Crippen LogP contribution in [-0.4, -0.2) is 30.8 Å². The van der Waals surface area contributed by atoms with Crippen LogP contribution in [0.3, 0.4) is 0 Å². The first-order valence-electron chi connectivity index (χ1n) is 6.65. The summed E-state index contributed by atoms with van der Waals surface area (Å²) in [7, 11) is 0. The third-order valence-corrected chi connectivity index (χ3v) is 3.61. The molecule has 1 aromatic heterocycles. The molecule has 1 aromatic carbocycles. The molecular weight excluding hydrogens is 242 g/mol. The van der Waals surface area contributed by atoms with Gasteiger partial charge in [-0.25, -0.2) is 4.79 Å². The molecule has 19 heavy (non-hydrogen) atoms. The molecule has 0 saturated carbocycles. The van der Waals surface area contributed by atoms with E-state index in [1.54, 1.807) is 0 Å². The van der Waals surface area contributed by atoms with Crippen LogP contribution >= 0.6 is 0 Å². The molecule has 1 N–H and O–H groups in total. The Bertz CT molecular complexity index is 570. The van der Waals surface area contributed by atoms with Gasteiger partial charge in [0.25, 0.3) is 0 Å². The van der Waals surface area contributed by atoms with Crippen LogP contribution in [0.5, 0.6) is 0 Å². The smallest absolute Gasteiger partial charge is 0.338 e. The van der Waals surface area contributed by atoms with Crippen molar-refractivity contribution in [2.75, 3.05) is 19.8 Å². The van der Waals surface area contributed by atoms with Crippen molar-refractivity contribution in [3.8, 4) is 0 Å². The number of benzene rings is 1. The van der Waals surface area contributed by atoms with E-state index in [9.17, 15) is 4.79 Å². The molecule has 4 heteroatoms. The standard InChI is InChI=1S/C15H17NO3/c17-15(19-10-11-5-8-18-9-6-11)13-2-1-3-14-12(13)4-7-16-14/h1-4,7,11,16H,5-6,8-10H2. The lowest BCUT2D eigenvalue weighted by atomic mass is 10.0. The minimum absolute atomic E-state index is 0.239. The lowest BCUT2D eigenvalue weighted by molar-refractivity contribution is 0.0187. The minimum atomic E-state index is -0.239. The number of aromatic nitrogens is 1. The minimum Gasteiger partial charge on any atom is -0.462 e. The van der Waals surface area contributed by atoms with Crippen LogP contribution in [-0.2, 0) is 9.47 Å². The van der Waals surface area contributed by atoms with Crippen LogP contribution in [0, 0.1) is 5.92 Å². The molecule has 0 bridgehead atoms. The van der Waals surface area contributed by atoms with Gasteiger partial charge in [-0.2, -0.15) is 0 Å². The van der Waals surface area contributed by atoms with E-state index in [0.29, 0.717) is 18.1 Å². The van der Waals surface area contributed by atoms with Crippen LogP contribution in [0.15, 0.2) is 30.5 Å². The number of fused-ring (bicyclic) bond motifs is 1. The van der Waals surface area contributed by atoms with Gasteiger partial charge in [-0.15, -0.1) is 0 Å². The molecule has 2 heterocycles. The van der Waals surface area contributed by atoms with Gasteiger partial charge in [-0.3, -0.25) is 0 Å². The first-order valence-corrected chi connectivity index (χ1v) is 6.65. The van der Waals surface area contributed by atoms with Crippen LogP contribution in [0.1, 0.15) is 23.2 Å². The zero-order valence-electron chi connectivity index (χ0n) is 10.7. The molecule has 3 rings (SSSR count). The molecule has 4 nitrogen and oxygen atoms in total. The third kappa shape index (κ3) is 2.63. The highest BCUT2D eigenvalue weighted by molar-refractivity contribution is 6.03. The maximum absolute atomic E-state index is 12.1. The zero-order valence-corrected chi connectivity index (χ0v) is 10.7. The Morgan fingerprint density at radius 2 is 2.16 bits per heavy atom. The molecule has 0 aliphatic carbocycles. The predicted octanol–water partition coefficient (Wildman–Crippen LogP) is 2.75. The van der Waals surface area contributed by atoms with Crippen molar-refractivity contribution >= 4 is 16.9 Å². The summed E-state index contributed by atoms with van der Waals surface area (Å²) in [6.07, 6.45) is 3.78. The first kappa shape index (κ1) is 12.2. The lowest BCUT2D eigenvalue weighted by Gasteiger charge is -2.21. The third-order valence-electron chi connectivity index (χ3n) is 3.61. The van der Waals surface area contributed by atoms with E-state index < -0.39 is 0 Å². The van der Waals surface area contributed by atoms with E-state index in [1.165, 1.54) is 0 Å². The highest BCUT2D eigenvalue weighted by atomic mass is 16.5. The number of aromatic amines is 1. The molecule has 0 spiro atoms. The average Bonchev–Trinajstić information content (AvgIpc) is 2.94. The van der Waals surface area contributed by atoms with Crippen LogP contribution in [0.2, 0.25) is 0 Å². The number of nitrogens with one attached hydrogen (secondary N) is 1. The lowest BCUT2D eigenvalue weighted by Crippen LogP contribution is -2.22. The molecular formula is C15H17NO3. The molecule has 100 valence electrons. The number of H-pyrrole nitrogens is 1. The van der Waals surface area contributed by atoms with Crippen LogP contribution in [0.4, 0.5) is 0 Å². The molecule has 1 aliphatic rings. The Morgan fingerprint density at radius 3 is 3.00 bits per heavy atom. The fraction of sp³-hybridized carbons (Fsp3) is 0.400. The summed E-state index contributed by atoms with van der Waals surface area (Å²) in [5.41, 5.74) is 1.59. The zero-order chi connectivity index (χ0) is 13.1. The van der Waals surface area contributed by atoms with Crippen molar-refractivity contribution in [3.63, 3.8) is 0 Å². The van der Waals surface area contributed by atoms with E-state index in [0.717, 1.165) is 37.0 Å². The monoisotopic (exact) mass is 259 g/mol. The van der Waals surface area contributed by atoms with Crippen molar-refractivity contribution in [2.45, 2.75) is 12.8 Å². The van der Waals surface area contributed by atoms with Gasteiger partial charge in [-0.1, -0.05) is 6.07 Å². The summed E-state index contributed by atoms with van der Waals surface area (Å²) in [6.45, 7) is 2.04. The highest BCUT2D eigenvalue weighted by Crippen LogP contribution is 2.20. The molecule has 0 unspecified atom stereocenters. The second kappa shape index (κ2) is 5.45. The Labute approximate surface area is 111 Å². The fourth-order valence-electron chi connectivity index (χ4n) is 2.45. The van der Waals surface area contributed by atoms with Gasteiger partial charge in [0.2, 0.25) is 0 Å². The van der Waals surface area contributed by atoms with Gasteiger partial charge in [-0.05, 0) is 37.0 Å². The van der Waals surface area contributed by atoms with Crippen LogP contribution < -0.4 is 0 Å². The van der Waals surface area contributed by atoms with Crippen molar-refractivity contribution in [1.29, 1.82) is 0 Å².